The first-order valence-electron chi connectivity index (χ1n) is 7.26. The largest absolute Gasteiger partial charge is 0.394 e. The fraction of sp³-hybridized carbons (Fsp3) is 0.714. The maximum absolute atomic E-state index is 11.9. The first-order valence-corrected chi connectivity index (χ1v) is 7.26. The number of nitrogens with zero attached hydrogens (tertiary/aromatic N) is 1. The summed E-state index contributed by atoms with van der Waals surface area (Å²) in [5.41, 5.74) is 5.05. The Bertz CT molecular complexity index is 575. The molecule has 1 rings (SSSR count). The van der Waals surface area contributed by atoms with Crippen LogP contribution in [-0.2, 0) is 6.54 Å². The summed E-state index contributed by atoms with van der Waals surface area (Å²) in [5.74, 6) is 0.684. The highest BCUT2D eigenvalue weighted by molar-refractivity contribution is 5.60. The van der Waals surface area contributed by atoms with Crippen LogP contribution in [0.4, 0.5) is 11.5 Å². The molecule has 0 aliphatic rings. The average molecular weight is 298 g/mol. The molecule has 1 aromatic rings. The third-order valence-electron chi connectivity index (χ3n) is 3.11. The summed E-state index contributed by atoms with van der Waals surface area (Å²) in [6.07, 6.45) is 0.693. The highest BCUT2D eigenvalue weighted by Crippen LogP contribution is 2.15. The number of nitrogen functional groups attached to an aromatic ring is 1. The maximum atomic E-state index is 11.9. The molecule has 0 spiro atoms. The van der Waals surface area contributed by atoms with E-state index in [1.54, 1.807) is 0 Å². The number of nitrogens with one attached hydrogen (secondary N) is 2. The molecule has 0 bridgehead atoms. The van der Waals surface area contributed by atoms with Gasteiger partial charge in [-0.2, -0.15) is 0 Å². The van der Waals surface area contributed by atoms with Gasteiger partial charge in [0.25, 0.3) is 5.56 Å². The quantitative estimate of drug-likeness (QED) is 0.588. The van der Waals surface area contributed by atoms with E-state index in [0.717, 1.165) is 0 Å². The number of H-pyrrole nitrogens is 1. The molecule has 1 aromatic heterocycles. The van der Waals surface area contributed by atoms with Gasteiger partial charge >= 0.3 is 5.69 Å². The molecule has 0 aliphatic heterocycles. The predicted molar refractivity (Wildman–Crippen MR) is 84.5 cm³/mol. The summed E-state index contributed by atoms with van der Waals surface area (Å²) in [6.45, 7) is 8.28. The van der Waals surface area contributed by atoms with Crippen molar-refractivity contribution in [3.05, 3.63) is 20.8 Å². The summed E-state index contributed by atoms with van der Waals surface area (Å²) in [4.78, 5) is 26.0. The minimum atomic E-state index is -0.556. The number of anilines is 2. The first-order chi connectivity index (χ1) is 9.76. The maximum Gasteiger partial charge on any atom is 0.330 e. The lowest BCUT2D eigenvalue weighted by atomic mass is 10.0. The van der Waals surface area contributed by atoms with Crippen LogP contribution in [0, 0.1) is 11.8 Å². The SMILES string of the molecule is CC(C)CC(CO)Nc1c(N)n(CC(C)C)c(=O)[nH]c1=O. The number of aromatic amines is 1. The van der Waals surface area contributed by atoms with Crippen molar-refractivity contribution in [1.82, 2.24) is 9.55 Å². The second kappa shape index (κ2) is 7.31. The van der Waals surface area contributed by atoms with E-state index in [2.05, 4.69) is 10.3 Å². The van der Waals surface area contributed by atoms with E-state index in [9.17, 15) is 14.7 Å². The number of aliphatic hydroxyl groups excluding tert-OH is 1. The Labute approximate surface area is 124 Å². The van der Waals surface area contributed by atoms with Crippen molar-refractivity contribution in [3.8, 4) is 0 Å². The second-order valence-corrected chi connectivity index (χ2v) is 6.18. The number of hydrogen-bond donors (Lipinski definition) is 4. The summed E-state index contributed by atoms with van der Waals surface area (Å²) < 4.78 is 1.35. The molecule has 1 heterocycles. The van der Waals surface area contributed by atoms with Gasteiger partial charge in [0, 0.05) is 12.6 Å². The Morgan fingerprint density at radius 2 is 1.86 bits per heavy atom. The average Bonchev–Trinajstić information content (AvgIpc) is 2.37. The second-order valence-electron chi connectivity index (χ2n) is 6.18. The smallest absolute Gasteiger partial charge is 0.330 e. The molecule has 0 radical (unpaired) electrons. The number of hydrogen-bond acceptors (Lipinski definition) is 5. The highest BCUT2D eigenvalue weighted by Gasteiger charge is 2.17. The minimum Gasteiger partial charge on any atom is -0.394 e. The molecule has 1 unspecified atom stereocenters. The van der Waals surface area contributed by atoms with Crippen molar-refractivity contribution in [2.45, 2.75) is 46.7 Å². The monoisotopic (exact) mass is 298 g/mol. The lowest BCUT2D eigenvalue weighted by molar-refractivity contribution is 0.259. The lowest BCUT2D eigenvalue weighted by Crippen LogP contribution is -2.37. The summed E-state index contributed by atoms with van der Waals surface area (Å²) in [7, 11) is 0. The van der Waals surface area contributed by atoms with Gasteiger partial charge in [-0.05, 0) is 18.3 Å². The van der Waals surface area contributed by atoms with Crippen LogP contribution in [0.2, 0.25) is 0 Å². The fourth-order valence-corrected chi connectivity index (χ4v) is 2.23. The molecule has 120 valence electrons. The Balaban J connectivity index is 3.17. The van der Waals surface area contributed by atoms with Gasteiger partial charge < -0.3 is 16.2 Å². The van der Waals surface area contributed by atoms with Gasteiger partial charge in [-0.1, -0.05) is 27.7 Å². The third kappa shape index (κ3) is 4.63. The molecule has 5 N–H and O–H groups in total. The Hall–Kier alpha value is -1.76. The molecule has 0 fully saturated rings. The van der Waals surface area contributed by atoms with Gasteiger partial charge in [-0.25, -0.2) is 4.79 Å². The lowest BCUT2D eigenvalue weighted by Gasteiger charge is -2.21. The van der Waals surface area contributed by atoms with Gasteiger partial charge in [0.2, 0.25) is 0 Å². The van der Waals surface area contributed by atoms with Crippen LogP contribution in [-0.4, -0.2) is 27.3 Å². The van der Waals surface area contributed by atoms with Crippen molar-refractivity contribution < 1.29 is 5.11 Å². The van der Waals surface area contributed by atoms with Gasteiger partial charge in [-0.3, -0.25) is 14.3 Å². The highest BCUT2D eigenvalue weighted by atomic mass is 16.3. The van der Waals surface area contributed by atoms with E-state index in [1.807, 2.05) is 27.7 Å². The predicted octanol–water partition coefficient (Wildman–Crippen LogP) is 0.594. The van der Waals surface area contributed by atoms with Gasteiger partial charge in [0.05, 0.1) is 6.61 Å². The molecule has 7 heteroatoms. The summed E-state index contributed by atoms with van der Waals surface area (Å²) in [5, 5.41) is 12.4. The molecule has 0 aliphatic carbocycles. The van der Waals surface area contributed by atoms with Crippen LogP contribution in [0.1, 0.15) is 34.1 Å². The van der Waals surface area contributed by atoms with Crippen LogP contribution in [0.15, 0.2) is 9.59 Å². The standard InChI is InChI=1S/C14H26N4O3/c1-8(2)5-10(7-19)16-11-12(15)18(6-9(3)4)14(21)17-13(11)20/h8-10,16,19H,5-7,15H2,1-4H3,(H,17,20,21). The Morgan fingerprint density at radius 1 is 1.24 bits per heavy atom. The van der Waals surface area contributed by atoms with Crippen LogP contribution >= 0.6 is 0 Å². The van der Waals surface area contributed by atoms with E-state index in [1.165, 1.54) is 4.57 Å². The molecular weight excluding hydrogens is 272 g/mol. The normalized spacial score (nSPS) is 12.9. The van der Waals surface area contributed by atoms with E-state index < -0.39 is 11.2 Å². The van der Waals surface area contributed by atoms with E-state index >= 15 is 0 Å². The van der Waals surface area contributed by atoms with Gasteiger partial charge in [0.15, 0.2) is 0 Å². The molecule has 0 saturated heterocycles. The van der Waals surface area contributed by atoms with Crippen LogP contribution < -0.4 is 22.3 Å². The van der Waals surface area contributed by atoms with Crippen LogP contribution in [0.3, 0.4) is 0 Å². The number of rotatable bonds is 7. The Kier molecular flexibility index (Phi) is 6.02. The molecule has 0 saturated carbocycles. The number of nitrogens with two attached hydrogens (primary N) is 1. The Morgan fingerprint density at radius 3 is 2.33 bits per heavy atom. The zero-order chi connectivity index (χ0) is 16.2. The van der Waals surface area contributed by atoms with Crippen molar-refractivity contribution in [2.24, 2.45) is 11.8 Å². The number of aliphatic hydroxyl groups is 1. The molecule has 0 aromatic carbocycles. The third-order valence-corrected chi connectivity index (χ3v) is 3.11. The molecular formula is C14H26N4O3. The molecule has 7 nitrogen and oxygen atoms in total. The van der Waals surface area contributed by atoms with E-state index in [-0.39, 0.29) is 30.1 Å². The van der Waals surface area contributed by atoms with E-state index in [0.29, 0.717) is 18.9 Å². The summed E-state index contributed by atoms with van der Waals surface area (Å²) in [6, 6.07) is -0.279. The zero-order valence-electron chi connectivity index (χ0n) is 13.1. The van der Waals surface area contributed by atoms with Crippen molar-refractivity contribution in [1.29, 1.82) is 0 Å². The van der Waals surface area contributed by atoms with Crippen LogP contribution in [0.5, 0.6) is 0 Å². The minimum absolute atomic E-state index is 0.111. The van der Waals surface area contributed by atoms with Gasteiger partial charge in [0.1, 0.15) is 11.5 Å². The molecule has 21 heavy (non-hydrogen) atoms. The van der Waals surface area contributed by atoms with E-state index in [4.69, 9.17) is 5.73 Å². The fourth-order valence-electron chi connectivity index (χ4n) is 2.23. The summed E-state index contributed by atoms with van der Waals surface area (Å²) >= 11 is 0. The topological polar surface area (TPSA) is 113 Å². The van der Waals surface area contributed by atoms with Crippen molar-refractivity contribution >= 4 is 11.5 Å². The molecule has 0 amide bonds. The first kappa shape index (κ1) is 17.3. The van der Waals surface area contributed by atoms with Crippen LogP contribution in [0.25, 0.3) is 0 Å². The molecule has 1 atom stereocenters. The van der Waals surface area contributed by atoms with Crippen molar-refractivity contribution in [2.75, 3.05) is 17.7 Å². The zero-order valence-corrected chi connectivity index (χ0v) is 13.1. The van der Waals surface area contributed by atoms with Crippen molar-refractivity contribution in [3.63, 3.8) is 0 Å². The number of aromatic nitrogens is 2. The van der Waals surface area contributed by atoms with Gasteiger partial charge in [-0.15, -0.1) is 0 Å².